The molecule has 1 atom stereocenters. The Kier molecular flexibility index (Phi) is 3.60. The highest BCUT2D eigenvalue weighted by Gasteiger charge is 2.28. The second-order valence-electron chi connectivity index (χ2n) is 4.67. The zero-order valence-electron chi connectivity index (χ0n) is 11.6. The second kappa shape index (κ2) is 5.71. The van der Waals surface area contributed by atoms with Gasteiger partial charge >= 0.3 is 5.97 Å². The number of ether oxygens (including phenoxy) is 2. The summed E-state index contributed by atoms with van der Waals surface area (Å²) in [6, 6.07) is 17.1. The van der Waals surface area contributed by atoms with Crippen LogP contribution in [0.3, 0.4) is 0 Å². The molecule has 4 heteroatoms. The molecule has 1 saturated heterocycles. The SMILES string of the molecule is COc1ccc(/C=C2/NC(c3ccccc3)OC2=O)cc1. The van der Waals surface area contributed by atoms with E-state index in [-0.39, 0.29) is 5.97 Å². The summed E-state index contributed by atoms with van der Waals surface area (Å²) in [6.07, 6.45) is 1.34. The predicted octanol–water partition coefficient (Wildman–Crippen LogP) is 2.88. The van der Waals surface area contributed by atoms with Crippen LogP contribution in [-0.2, 0) is 9.53 Å². The molecule has 1 fully saturated rings. The smallest absolute Gasteiger partial charge is 0.356 e. The van der Waals surface area contributed by atoms with Crippen LogP contribution in [0.1, 0.15) is 17.4 Å². The van der Waals surface area contributed by atoms with Gasteiger partial charge in [0.2, 0.25) is 0 Å². The third-order valence-corrected chi connectivity index (χ3v) is 3.26. The summed E-state index contributed by atoms with van der Waals surface area (Å²) >= 11 is 0. The molecule has 0 aliphatic carbocycles. The highest BCUT2D eigenvalue weighted by molar-refractivity contribution is 5.94. The minimum Gasteiger partial charge on any atom is -0.497 e. The molecule has 1 unspecified atom stereocenters. The van der Waals surface area contributed by atoms with Crippen LogP contribution in [0.25, 0.3) is 6.08 Å². The number of rotatable bonds is 3. The minimum absolute atomic E-state index is 0.348. The molecule has 0 radical (unpaired) electrons. The Morgan fingerprint density at radius 3 is 2.48 bits per heavy atom. The highest BCUT2D eigenvalue weighted by Crippen LogP contribution is 2.24. The number of hydrogen-bond donors (Lipinski definition) is 1. The topological polar surface area (TPSA) is 47.6 Å². The van der Waals surface area contributed by atoms with Gasteiger partial charge in [-0.3, -0.25) is 0 Å². The number of carbonyl (C=O) groups excluding carboxylic acids is 1. The van der Waals surface area contributed by atoms with E-state index in [1.807, 2.05) is 54.6 Å². The van der Waals surface area contributed by atoms with Crippen molar-refractivity contribution in [3.8, 4) is 5.75 Å². The van der Waals surface area contributed by atoms with E-state index in [2.05, 4.69) is 5.32 Å². The van der Waals surface area contributed by atoms with Crippen molar-refractivity contribution in [1.29, 1.82) is 0 Å². The molecule has 0 bridgehead atoms. The van der Waals surface area contributed by atoms with Gasteiger partial charge in [-0.1, -0.05) is 42.5 Å². The van der Waals surface area contributed by atoms with E-state index in [1.165, 1.54) is 0 Å². The van der Waals surface area contributed by atoms with Crippen LogP contribution < -0.4 is 10.1 Å². The van der Waals surface area contributed by atoms with E-state index in [9.17, 15) is 4.79 Å². The molecule has 2 aromatic carbocycles. The zero-order valence-corrected chi connectivity index (χ0v) is 11.6. The quantitative estimate of drug-likeness (QED) is 0.694. The molecule has 3 rings (SSSR count). The molecule has 21 heavy (non-hydrogen) atoms. The zero-order chi connectivity index (χ0) is 14.7. The van der Waals surface area contributed by atoms with E-state index in [0.717, 1.165) is 16.9 Å². The van der Waals surface area contributed by atoms with Crippen molar-refractivity contribution < 1.29 is 14.3 Å². The van der Waals surface area contributed by atoms with E-state index in [0.29, 0.717) is 5.70 Å². The summed E-state index contributed by atoms with van der Waals surface area (Å²) in [7, 11) is 1.62. The first-order chi connectivity index (χ1) is 10.3. The lowest BCUT2D eigenvalue weighted by molar-refractivity contribution is -0.139. The van der Waals surface area contributed by atoms with Gasteiger partial charge in [0, 0.05) is 5.56 Å². The average Bonchev–Trinajstić information content (AvgIpc) is 2.90. The maximum Gasteiger partial charge on any atom is 0.356 e. The maximum atomic E-state index is 11.9. The van der Waals surface area contributed by atoms with Crippen molar-refractivity contribution >= 4 is 12.0 Å². The van der Waals surface area contributed by atoms with E-state index >= 15 is 0 Å². The fourth-order valence-corrected chi connectivity index (χ4v) is 2.15. The Bertz CT molecular complexity index is 662. The third kappa shape index (κ3) is 2.89. The van der Waals surface area contributed by atoms with E-state index < -0.39 is 6.23 Å². The molecule has 0 spiro atoms. The summed E-state index contributed by atoms with van der Waals surface area (Å²) in [5, 5.41) is 3.09. The van der Waals surface area contributed by atoms with Crippen molar-refractivity contribution in [2.75, 3.05) is 7.11 Å². The van der Waals surface area contributed by atoms with Crippen molar-refractivity contribution in [1.82, 2.24) is 5.32 Å². The molecule has 0 amide bonds. The van der Waals surface area contributed by atoms with Gasteiger partial charge in [0.05, 0.1) is 7.11 Å². The van der Waals surface area contributed by atoms with Gasteiger partial charge in [0.25, 0.3) is 0 Å². The summed E-state index contributed by atoms with van der Waals surface area (Å²) in [6.45, 7) is 0. The van der Waals surface area contributed by atoms with Crippen LogP contribution in [0.4, 0.5) is 0 Å². The summed E-state index contributed by atoms with van der Waals surface area (Å²) in [5.74, 6) is 0.431. The average molecular weight is 281 g/mol. The Morgan fingerprint density at radius 2 is 1.81 bits per heavy atom. The highest BCUT2D eigenvalue weighted by atomic mass is 16.6. The Labute approximate surface area is 123 Å². The first kappa shape index (κ1) is 13.2. The van der Waals surface area contributed by atoms with Gasteiger partial charge in [-0.15, -0.1) is 0 Å². The second-order valence-corrected chi connectivity index (χ2v) is 4.67. The van der Waals surface area contributed by atoms with Crippen molar-refractivity contribution in [3.05, 3.63) is 71.4 Å². The fraction of sp³-hybridized carbons (Fsp3) is 0.118. The Balaban J connectivity index is 1.79. The van der Waals surface area contributed by atoms with Crippen LogP contribution in [0.5, 0.6) is 5.75 Å². The molecule has 1 aliphatic heterocycles. The Hall–Kier alpha value is -2.75. The number of hydrogen-bond acceptors (Lipinski definition) is 4. The predicted molar refractivity (Wildman–Crippen MR) is 79.4 cm³/mol. The van der Waals surface area contributed by atoms with Gasteiger partial charge < -0.3 is 14.8 Å². The molecule has 0 aromatic heterocycles. The number of methoxy groups -OCH3 is 1. The maximum absolute atomic E-state index is 11.9. The van der Waals surface area contributed by atoms with Gasteiger partial charge in [0.15, 0.2) is 6.23 Å². The normalized spacial score (nSPS) is 19.2. The summed E-state index contributed by atoms with van der Waals surface area (Å²) < 4.78 is 10.4. The van der Waals surface area contributed by atoms with Crippen LogP contribution in [0.15, 0.2) is 60.3 Å². The number of carbonyl (C=O) groups is 1. The minimum atomic E-state index is -0.428. The van der Waals surface area contributed by atoms with Crippen LogP contribution in [0.2, 0.25) is 0 Å². The standard InChI is InChI=1S/C17H15NO3/c1-20-14-9-7-12(8-10-14)11-15-17(19)21-16(18-15)13-5-3-2-4-6-13/h2-11,16,18H,1H3/b15-11+. The van der Waals surface area contributed by atoms with Crippen LogP contribution in [-0.4, -0.2) is 13.1 Å². The number of nitrogens with one attached hydrogen (secondary N) is 1. The first-order valence-corrected chi connectivity index (χ1v) is 6.64. The lowest BCUT2D eigenvalue weighted by atomic mass is 10.2. The number of esters is 1. The number of cyclic esters (lactones) is 1. The lowest BCUT2D eigenvalue weighted by Gasteiger charge is -2.08. The fourth-order valence-electron chi connectivity index (χ4n) is 2.15. The summed E-state index contributed by atoms with van der Waals surface area (Å²) in [4.78, 5) is 11.9. The molecule has 1 heterocycles. The first-order valence-electron chi connectivity index (χ1n) is 6.64. The van der Waals surface area contributed by atoms with Crippen molar-refractivity contribution in [2.45, 2.75) is 6.23 Å². The monoisotopic (exact) mass is 281 g/mol. The summed E-state index contributed by atoms with van der Waals surface area (Å²) in [5.41, 5.74) is 2.28. The molecule has 4 nitrogen and oxygen atoms in total. The molecule has 106 valence electrons. The van der Waals surface area contributed by atoms with Crippen LogP contribution >= 0.6 is 0 Å². The molecule has 1 aliphatic rings. The Morgan fingerprint density at radius 1 is 1.10 bits per heavy atom. The molecular weight excluding hydrogens is 266 g/mol. The van der Waals surface area contributed by atoms with E-state index in [1.54, 1.807) is 13.2 Å². The molecular formula is C17H15NO3. The van der Waals surface area contributed by atoms with Gasteiger partial charge in [0.1, 0.15) is 11.4 Å². The van der Waals surface area contributed by atoms with Crippen molar-refractivity contribution in [3.63, 3.8) is 0 Å². The largest absolute Gasteiger partial charge is 0.497 e. The van der Waals surface area contributed by atoms with Crippen LogP contribution in [0, 0.1) is 0 Å². The van der Waals surface area contributed by atoms with Gasteiger partial charge in [-0.25, -0.2) is 4.79 Å². The molecule has 2 aromatic rings. The van der Waals surface area contributed by atoms with Gasteiger partial charge in [-0.05, 0) is 23.8 Å². The van der Waals surface area contributed by atoms with Crippen molar-refractivity contribution in [2.24, 2.45) is 0 Å². The lowest BCUT2D eigenvalue weighted by Crippen LogP contribution is -2.12. The van der Waals surface area contributed by atoms with E-state index in [4.69, 9.17) is 9.47 Å². The molecule has 1 N–H and O–H groups in total. The number of benzene rings is 2. The van der Waals surface area contributed by atoms with Gasteiger partial charge in [-0.2, -0.15) is 0 Å². The molecule has 0 saturated carbocycles. The third-order valence-electron chi connectivity index (χ3n) is 3.26.